The van der Waals surface area contributed by atoms with Crippen molar-refractivity contribution in [3.63, 3.8) is 0 Å². The van der Waals surface area contributed by atoms with E-state index in [1.54, 1.807) is 6.20 Å². The van der Waals surface area contributed by atoms with E-state index in [1.165, 1.54) is 11.1 Å². The van der Waals surface area contributed by atoms with E-state index in [0.29, 0.717) is 5.70 Å². The van der Waals surface area contributed by atoms with Gasteiger partial charge in [0.15, 0.2) is 0 Å². The molecule has 1 aromatic heterocycles. The Labute approximate surface area is 234 Å². The van der Waals surface area contributed by atoms with Crippen LogP contribution >= 0.6 is 0 Å². The average molecular weight is 514 g/mol. The van der Waals surface area contributed by atoms with Crippen LogP contribution in [0.25, 0.3) is 11.3 Å². The van der Waals surface area contributed by atoms with E-state index in [4.69, 9.17) is 4.99 Å². The molecule has 0 amide bonds. The number of aromatic nitrogens is 1. The Hall–Kier alpha value is -5.20. The maximum absolute atomic E-state index is 5.40. The Bertz CT molecular complexity index is 1850. The first-order valence-electron chi connectivity index (χ1n) is 13.5. The van der Waals surface area contributed by atoms with Crippen molar-refractivity contribution in [3.8, 4) is 0 Å². The van der Waals surface area contributed by atoms with Crippen molar-refractivity contribution in [2.75, 3.05) is 4.90 Å². The van der Waals surface area contributed by atoms with Crippen LogP contribution in [0, 0.1) is 0 Å². The molecule has 40 heavy (non-hydrogen) atoms. The summed E-state index contributed by atoms with van der Waals surface area (Å²) in [5.74, 6) is 1.02. The first kappa shape index (κ1) is 23.9. The minimum Gasteiger partial charge on any atom is -0.317 e. The van der Waals surface area contributed by atoms with Gasteiger partial charge in [-0.2, -0.15) is 0 Å². The van der Waals surface area contributed by atoms with Gasteiger partial charge in [0.2, 0.25) is 0 Å². The van der Waals surface area contributed by atoms with E-state index < -0.39 is 0 Å². The van der Waals surface area contributed by atoms with Gasteiger partial charge in [0.05, 0.1) is 11.7 Å². The monoisotopic (exact) mass is 513 g/mol. The lowest BCUT2D eigenvalue weighted by Crippen LogP contribution is -2.40. The molecule has 1 fully saturated rings. The lowest BCUT2D eigenvalue weighted by molar-refractivity contribution is 0.728. The van der Waals surface area contributed by atoms with Crippen molar-refractivity contribution in [2.24, 2.45) is 4.99 Å². The molecule has 0 bridgehead atoms. The van der Waals surface area contributed by atoms with Crippen molar-refractivity contribution in [3.05, 3.63) is 179 Å². The van der Waals surface area contributed by atoms with Crippen LogP contribution in [-0.2, 0) is 0 Å². The molecule has 2 aliphatic carbocycles. The highest BCUT2D eigenvalue weighted by Crippen LogP contribution is 2.53. The average Bonchev–Trinajstić information content (AvgIpc) is 3.28. The van der Waals surface area contributed by atoms with Gasteiger partial charge < -0.3 is 4.90 Å². The third-order valence-corrected chi connectivity index (χ3v) is 7.87. The van der Waals surface area contributed by atoms with Crippen molar-refractivity contribution >= 4 is 22.8 Å². The second-order valence-corrected chi connectivity index (χ2v) is 10.3. The van der Waals surface area contributed by atoms with Gasteiger partial charge in [-0.05, 0) is 59.1 Å². The number of allylic oxidation sites excluding steroid dienone is 6. The standard InChI is InChI=1S/C37H27N3/c1-24(2)34(27-15-12-22-38-23-27)35-30-18-8-7-16-28(30)31-19-11-20-32-29-17-9-10-21-33(29)40(36(31)32)37(35)39-25(3)26-13-5-4-6-14-26/h4-6,8-15,17-23,32,36H,1,3H2,2H3/b35-34+,39-37?. The normalized spacial score (nSPS) is 22.0. The smallest absolute Gasteiger partial charge is 0.142 e. The number of aliphatic imine (C=N–C) groups is 1. The minimum absolute atomic E-state index is 0.0216. The number of hydrogen-bond acceptors (Lipinski definition) is 2. The van der Waals surface area contributed by atoms with Crippen LogP contribution in [0.3, 0.4) is 0 Å². The third kappa shape index (κ3) is 3.69. The summed E-state index contributed by atoms with van der Waals surface area (Å²) >= 11 is 0. The summed E-state index contributed by atoms with van der Waals surface area (Å²) in [5.41, 5.74) is 18.0. The molecule has 0 spiro atoms. The number of amidine groups is 1. The molecule has 0 radical (unpaired) electrons. The molecule has 4 aliphatic rings. The Balaban J connectivity index is 1.62. The van der Waals surface area contributed by atoms with Crippen LogP contribution in [0.1, 0.15) is 29.5 Å². The van der Waals surface area contributed by atoms with Gasteiger partial charge in [0.1, 0.15) is 5.84 Å². The lowest BCUT2D eigenvalue weighted by Gasteiger charge is -2.32. The fourth-order valence-corrected chi connectivity index (χ4v) is 6.23. The van der Waals surface area contributed by atoms with Gasteiger partial charge in [-0.3, -0.25) is 4.98 Å². The molecule has 7 rings (SSSR count). The predicted molar refractivity (Wildman–Crippen MR) is 165 cm³/mol. The van der Waals surface area contributed by atoms with E-state index in [2.05, 4.69) is 108 Å². The van der Waals surface area contributed by atoms with Crippen LogP contribution in [0.15, 0.2) is 167 Å². The van der Waals surface area contributed by atoms with E-state index in [0.717, 1.165) is 50.5 Å². The van der Waals surface area contributed by atoms with Crippen molar-refractivity contribution in [2.45, 2.75) is 18.9 Å². The number of benzene rings is 2. The second kappa shape index (κ2) is 9.52. The first-order valence-corrected chi connectivity index (χ1v) is 13.5. The van der Waals surface area contributed by atoms with Crippen molar-refractivity contribution in [1.29, 1.82) is 0 Å². The number of hydrogen-bond donors (Lipinski definition) is 0. The minimum atomic E-state index is 0.0216. The summed E-state index contributed by atoms with van der Waals surface area (Å²) in [7, 11) is 0. The van der Waals surface area contributed by atoms with Gasteiger partial charge in [-0.15, -0.1) is 0 Å². The lowest BCUT2D eigenvalue weighted by atomic mass is 9.79. The van der Waals surface area contributed by atoms with Crippen molar-refractivity contribution in [1.82, 2.24) is 4.98 Å². The largest absolute Gasteiger partial charge is 0.317 e. The fraction of sp³-hybridized carbons (Fsp3) is 0.0811. The predicted octanol–water partition coefficient (Wildman–Crippen LogP) is 8.14. The molecule has 0 saturated carbocycles. The number of pyridine rings is 1. The molecule has 2 aliphatic heterocycles. The second-order valence-electron chi connectivity index (χ2n) is 10.3. The highest BCUT2D eigenvalue weighted by Gasteiger charge is 2.48. The molecule has 0 N–H and O–H groups in total. The summed E-state index contributed by atoms with van der Waals surface area (Å²) in [6, 6.07) is 22.9. The van der Waals surface area contributed by atoms with E-state index in [-0.39, 0.29) is 12.0 Å². The number of rotatable bonds is 4. The van der Waals surface area contributed by atoms with Crippen LogP contribution in [0.4, 0.5) is 5.69 Å². The van der Waals surface area contributed by atoms with Crippen LogP contribution < -0.4 is 4.90 Å². The number of fused-ring (bicyclic) bond motifs is 5. The zero-order valence-corrected chi connectivity index (χ0v) is 22.3. The summed E-state index contributed by atoms with van der Waals surface area (Å²) < 4.78 is 0. The molecule has 2 aromatic carbocycles. The third-order valence-electron chi connectivity index (χ3n) is 7.87. The maximum Gasteiger partial charge on any atom is 0.142 e. The Morgan fingerprint density at radius 1 is 0.950 bits per heavy atom. The van der Waals surface area contributed by atoms with E-state index >= 15 is 0 Å². The summed E-state index contributed by atoms with van der Waals surface area (Å²) in [6.07, 6.45) is 14.5. The van der Waals surface area contributed by atoms with Crippen LogP contribution in [0.5, 0.6) is 0 Å². The zero-order valence-electron chi connectivity index (χ0n) is 22.3. The topological polar surface area (TPSA) is 28.5 Å². The molecule has 190 valence electrons. The van der Waals surface area contributed by atoms with E-state index in [1.807, 2.05) is 36.5 Å². The molecule has 3 nitrogen and oxygen atoms in total. The summed E-state index contributed by atoms with van der Waals surface area (Å²) in [6.45, 7) is 10.9. The number of nitrogens with zero attached hydrogens (tertiary/aromatic N) is 3. The molecular formula is C37H27N3. The first-order chi connectivity index (χ1) is 19.6. The molecule has 3 heterocycles. The number of para-hydroxylation sites is 1. The molecule has 1 saturated heterocycles. The highest BCUT2D eigenvalue weighted by molar-refractivity contribution is 6.23. The Morgan fingerprint density at radius 2 is 1.75 bits per heavy atom. The van der Waals surface area contributed by atoms with Crippen LogP contribution in [-0.4, -0.2) is 16.9 Å². The fourth-order valence-electron chi connectivity index (χ4n) is 6.23. The molecule has 3 aromatic rings. The maximum atomic E-state index is 5.40. The van der Waals surface area contributed by atoms with Gasteiger partial charge in [-0.1, -0.05) is 97.4 Å². The van der Waals surface area contributed by atoms with Crippen LogP contribution in [0.2, 0.25) is 0 Å². The van der Waals surface area contributed by atoms with Gasteiger partial charge in [0, 0.05) is 46.3 Å². The molecule has 2 atom stereocenters. The van der Waals surface area contributed by atoms with Gasteiger partial charge in [-0.25, -0.2) is 4.99 Å². The van der Waals surface area contributed by atoms with Gasteiger partial charge >= 0.3 is 0 Å². The zero-order chi connectivity index (χ0) is 27.2. The summed E-state index contributed by atoms with van der Waals surface area (Å²) in [5, 5.41) is 0. The number of anilines is 1. The van der Waals surface area contributed by atoms with Crippen molar-refractivity contribution < 1.29 is 0 Å². The summed E-state index contributed by atoms with van der Waals surface area (Å²) in [4.78, 5) is 12.3. The van der Waals surface area contributed by atoms with E-state index in [9.17, 15) is 0 Å². The van der Waals surface area contributed by atoms with Gasteiger partial charge in [0.25, 0.3) is 0 Å². The molecule has 2 unspecified atom stereocenters. The Kier molecular flexibility index (Phi) is 5.68. The SMILES string of the molecule is C=C(C)/C(=C1/C2=CC=C=C=C2C2=CC=CC3c4ccccc4N(C1=NC(=C)c1ccccc1)C23)c1cccnc1. The quantitative estimate of drug-likeness (QED) is 0.330. The molecular weight excluding hydrogens is 486 g/mol. The Morgan fingerprint density at radius 3 is 2.55 bits per heavy atom. The highest BCUT2D eigenvalue weighted by atomic mass is 15.3. The molecule has 3 heteroatoms.